The van der Waals surface area contributed by atoms with Crippen LogP contribution in [0.25, 0.3) is 0 Å². The van der Waals surface area contributed by atoms with Crippen molar-refractivity contribution < 1.29 is 0 Å². The van der Waals surface area contributed by atoms with E-state index < -0.39 is 0 Å². The van der Waals surface area contributed by atoms with E-state index in [0.29, 0.717) is 17.7 Å². The average molecular weight is 314 g/mol. The molecule has 0 atom stereocenters. The summed E-state index contributed by atoms with van der Waals surface area (Å²) in [5.74, 6) is 2.95. The second-order valence-corrected chi connectivity index (χ2v) is 6.72. The van der Waals surface area contributed by atoms with Crippen molar-refractivity contribution in [2.24, 2.45) is 0 Å². The molecule has 0 radical (unpaired) electrons. The predicted octanol–water partition coefficient (Wildman–Crippen LogP) is 3.98. The van der Waals surface area contributed by atoms with Crippen molar-refractivity contribution in [1.29, 1.82) is 0 Å². The third-order valence-corrected chi connectivity index (χ3v) is 4.56. The molecule has 0 amide bonds. The van der Waals surface area contributed by atoms with Gasteiger partial charge in [0.2, 0.25) is 5.95 Å². The van der Waals surface area contributed by atoms with Gasteiger partial charge >= 0.3 is 0 Å². The van der Waals surface area contributed by atoms with E-state index >= 15 is 0 Å². The number of nitrogen functional groups attached to an aromatic ring is 1. The number of anilines is 3. The van der Waals surface area contributed by atoms with E-state index in [1.165, 1.54) is 30.6 Å². The molecule has 0 bridgehead atoms. The van der Waals surface area contributed by atoms with E-state index in [2.05, 4.69) is 39.7 Å². The topological polar surface area (TPSA) is 63.8 Å². The van der Waals surface area contributed by atoms with E-state index in [4.69, 9.17) is 5.73 Å². The molecule has 0 spiro atoms. The molecule has 1 aliphatic rings. The van der Waals surface area contributed by atoms with Gasteiger partial charge in [-0.05, 0) is 61.3 Å². The van der Waals surface area contributed by atoms with Gasteiger partial charge in [0.1, 0.15) is 5.82 Å². The molecule has 1 aromatic carbocycles. The number of hydrogen-bond donors (Lipinski definition) is 2. The Morgan fingerprint density at radius 3 is 2.95 bits per heavy atom. The summed E-state index contributed by atoms with van der Waals surface area (Å²) in [5, 5.41) is 3.25. The lowest BCUT2D eigenvalue weighted by molar-refractivity contribution is 0.934. The summed E-state index contributed by atoms with van der Waals surface area (Å²) in [4.78, 5) is 8.78. The van der Waals surface area contributed by atoms with Gasteiger partial charge in [-0.2, -0.15) is 16.7 Å². The Bertz CT molecular complexity index is 640. The van der Waals surface area contributed by atoms with Gasteiger partial charge < -0.3 is 11.1 Å². The van der Waals surface area contributed by atoms with Crippen LogP contribution in [0.4, 0.5) is 17.5 Å². The van der Waals surface area contributed by atoms with Gasteiger partial charge in [0.05, 0.1) is 0 Å². The Kier molecular flexibility index (Phi) is 4.83. The molecule has 116 valence electrons. The van der Waals surface area contributed by atoms with Crippen molar-refractivity contribution in [1.82, 2.24) is 9.97 Å². The van der Waals surface area contributed by atoms with Crippen LogP contribution in [0.2, 0.25) is 0 Å². The van der Waals surface area contributed by atoms with Crippen molar-refractivity contribution in [2.75, 3.05) is 23.1 Å². The Morgan fingerprint density at radius 1 is 1.36 bits per heavy atom. The summed E-state index contributed by atoms with van der Waals surface area (Å²) in [6.07, 6.45) is 8.72. The second-order valence-electron chi connectivity index (χ2n) is 5.73. The second kappa shape index (κ2) is 7.01. The molecule has 3 N–H and O–H groups in total. The van der Waals surface area contributed by atoms with Crippen molar-refractivity contribution in [2.45, 2.75) is 31.6 Å². The third kappa shape index (κ3) is 3.91. The lowest BCUT2D eigenvalue weighted by Crippen LogP contribution is -2.03. The fraction of sp³-hybridized carbons (Fsp3) is 0.412. The van der Waals surface area contributed by atoms with E-state index in [1.807, 2.05) is 24.0 Å². The van der Waals surface area contributed by atoms with Crippen LogP contribution in [0.1, 0.15) is 36.3 Å². The van der Waals surface area contributed by atoms with E-state index in [0.717, 1.165) is 17.7 Å². The summed E-state index contributed by atoms with van der Waals surface area (Å²) in [6, 6.07) is 8.43. The molecule has 5 heteroatoms. The number of rotatable bonds is 7. The lowest BCUT2D eigenvalue weighted by atomic mass is 10.1. The first-order chi connectivity index (χ1) is 10.8. The predicted molar refractivity (Wildman–Crippen MR) is 94.8 cm³/mol. The normalized spacial score (nSPS) is 14.0. The van der Waals surface area contributed by atoms with E-state index in [1.54, 1.807) is 0 Å². The third-order valence-electron chi connectivity index (χ3n) is 3.86. The van der Waals surface area contributed by atoms with Crippen LogP contribution in [-0.2, 0) is 6.42 Å². The van der Waals surface area contributed by atoms with E-state index in [9.17, 15) is 0 Å². The maximum atomic E-state index is 6.03. The fourth-order valence-electron chi connectivity index (χ4n) is 2.53. The Morgan fingerprint density at radius 2 is 2.23 bits per heavy atom. The van der Waals surface area contributed by atoms with Crippen molar-refractivity contribution >= 4 is 29.2 Å². The zero-order chi connectivity index (χ0) is 15.4. The number of nitrogens with two attached hydrogens (primary N) is 1. The highest BCUT2D eigenvalue weighted by Gasteiger charge is 2.26. The molecule has 3 rings (SSSR count). The van der Waals surface area contributed by atoms with Crippen LogP contribution < -0.4 is 11.1 Å². The zero-order valence-corrected chi connectivity index (χ0v) is 13.7. The molecule has 22 heavy (non-hydrogen) atoms. The number of aromatic nitrogens is 2. The molecule has 1 aliphatic carbocycles. The van der Waals surface area contributed by atoms with Crippen LogP contribution in [0.15, 0.2) is 30.5 Å². The zero-order valence-electron chi connectivity index (χ0n) is 12.9. The SMILES string of the molecule is CSCCCc1cccc(Nc2ncc(C3CC3)c(N)n2)c1. The quantitative estimate of drug-likeness (QED) is 0.757. The molecule has 4 nitrogen and oxygen atoms in total. The average Bonchev–Trinajstić information content (AvgIpc) is 3.33. The maximum Gasteiger partial charge on any atom is 0.229 e. The molecule has 1 heterocycles. The van der Waals surface area contributed by atoms with E-state index in [-0.39, 0.29) is 0 Å². The van der Waals surface area contributed by atoms with Crippen LogP contribution in [-0.4, -0.2) is 22.0 Å². The van der Waals surface area contributed by atoms with Crippen LogP contribution in [0, 0.1) is 0 Å². The van der Waals surface area contributed by atoms with Gasteiger partial charge in [0.15, 0.2) is 0 Å². The molecular formula is C17H22N4S. The van der Waals surface area contributed by atoms with Crippen LogP contribution >= 0.6 is 11.8 Å². The van der Waals surface area contributed by atoms with Gasteiger partial charge in [-0.25, -0.2) is 4.98 Å². The summed E-state index contributed by atoms with van der Waals surface area (Å²) < 4.78 is 0. The Balaban J connectivity index is 1.67. The van der Waals surface area contributed by atoms with Crippen molar-refractivity contribution in [3.8, 4) is 0 Å². The largest absolute Gasteiger partial charge is 0.383 e. The maximum absolute atomic E-state index is 6.03. The molecular weight excluding hydrogens is 292 g/mol. The van der Waals surface area contributed by atoms with Gasteiger partial charge in [-0.1, -0.05) is 12.1 Å². The highest BCUT2D eigenvalue weighted by molar-refractivity contribution is 7.98. The van der Waals surface area contributed by atoms with Gasteiger partial charge in [0, 0.05) is 17.4 Å². The minimum Gasteiger partial charge on any atom is -0.383 e. The molecule has 1 fully saturated rings. The van der Waals surface area contributed by atoms with Gasteiger partial charge in [-0.3, -0.25) is 0 Å². The number of benzene rings is 1. The lowest BCUT2D eigenvalue weighted by Gasteiger charge is -2.09. The fourth-order valence-corrected chi connectivity index (χ4v) is 2.96. The summed E-state index contributed by atoms with van der Waals surface area (Å²) in [6.45, 7) is 0. The Labute approximate surface area is 135 Å². The standard InChI is InChI=1S/C17H22N4S/c1-22-9-3-5-12-4-2-6-14(10-12)20-17-19-11-15(13-7-8-13)16(18)21-17/h2,4,6,10-11,13H,3,5,7-9H2,1H3,(H3,18,19,20,21). The number of thioether (sulfide) groups is 1. The highest BCUT2D eigenvalue weighted by atomic mass is 32.2. The molecule has 0 saturated heterocycles. The van der Waals surface area contributed by atoms with Gasteiger partial charge in [-0.15, -0.1) is 0 Å². The summed E-state index contributed by atoms with van der Waals surface area (Å²) in [7, 11) is 0. The molecule has 2 aromatic rings. The minimum absolute atomic E-state index is 0.572. The monoisotopic (exact) mass is 314 g/mol. The molecule has 1 saturated carbocycles. The smallest absolute Gasteiger partial charge is 0.229 e. The van der Waals surface area contributed by atoms with Crippen molar-refractivity contribution in [3.05, 3.63) is 41.6 Å². The minimum atomic E-state index is 0.572. The molecule has 1 aromatic heterocycles. The molecule has 0 unspecified atom stereocenters. The highest BCUT2D eigenvalue weighted by Crippen LogP contribution is 2.41. The number of hydrogen-bond acceptors (Lipinski definition) is 5. The summed E-state index contributed by atoms with van der Waals surface area (Å²) in [5.41, 5.74) is 9.48. The van der Waals surface area contributed by atoms with Crippen molar-refractivity contribution in [3.63, 3.8) is 0 Å². The molecule has 0 aliphatic heterocycles. The number of nitrogens with one attached hydrogen (secondary N) is 1. The summed E-state index contributed by atoms with van der Waals surface area (Å²) >= 11 is 1.89. The number of aryl methyl sites for hydroxylation is 1. The van der Waals surface area contributed by atoms with Crippen LogP contribution in [0.3, 0.4) is 0 Å². The first-order valence-electron chi connectivity index (χ1n) is 7.73. The van der Waals surface area contributed by atoms with Gasteiger partial charge in [0.25, 0.3) is 0 Å². The number of nitrogens with zero attached hydrogens (tertiary/aromatic N) is 2. The Hall–Kier alpha value is -1.75. The van der Waals surface area contributed by atoms with Crippen LogP contribution in [0.5, 0.6) is 0 Å². The first kappa shape index (κ1) is 15.2. The first-order valence-corrected chi connectivity index (χ1v) is 9.13.